The number of carbonyl (C=O) groups is 2. The molecule has 3 aromatic heterocycles. The maximum absolute atomic E-state index is 13.0. The van der Waals surface area contributed by atoms with E-state index in [0.29, 0.717) is 52.7 Å². The Hall–Kier alpha value is -4.05. The molecule has 3 N–H and O–H groups in total. The predicted molar refractivity (Wildman–Crippen MR) is 133 cm³/mol. The molecule has 5 rings (SSSR count). The van der Waals surface area contributed by atoms with E-state index in [2.05, 4.69) is 25.4 Å². The van der Waals surface area contributed by atoms with E-state index in [1.807, 2.05) is 18.2 Å². The van der Waals surface area contributed by atoms with Crippen LogP contribution in [0.3, 0.4) is 0 Å². The molecule has 4 heterocycles. The van der Waals surface area contributed by atoms with Crippen LogP contribution < -0.4 is 11.1 Å². The molecular weight excluding hydrogens is 468 g/mol. The minimum atomic E-state index is -0.469. The van der Waals surface area contributed by atoms with Crippen LogP contribution in [0.5, 0.6) is 0 Å². The van der Waals surface area contributed by atoms with Gasteiger partial charge in [0.25, 0.3) is 5.91 Å². The Morgan fingerprint density at radius 1 is 1.23 bits per heavy atom. The molecule has 11 heteroatoms. The van der Waals surface area contributed by atoms with Gasteiger partial charge in [-0.2, -0.15) is 5.10 Å². The van der Waals surface area contributed by atoms with Crippen LogP contribution in [-0.4, -0.2) is 61.1 Å². The number of hydrogen-bond donors (Lipinski definition) is 2. The monoisotopic (exact) mass is 490 g/mol. The van der Waals surface area contributed by atoms with Crippen molar-refractivity contribution in [1.29, 1.82) is 0 Å². The summed E-state index contributed by atoms with van der Waals surface area (Å²) in [6.45, 7) is 1.43. The highest BCUT2D eigenvalue weighted by Crippen LogP contribution is 2.34. The van der Waals surface area contributed by atoms with E-state index < -0.39 is 5.91 Å². The van der Waals surface area contributed by atoms with Gasteiger partial charge in [0.15, 0.2) is 11.5 Å². The van der Waals surface area contributed by atoms with Crippen LogP contribution in [0.25, 0.3) is 33.5 Å². The average molecular weight is 491 g/mol. The topological polar surface area (TPSA) is 132 Å². The summed E-state index contributed by atoms with van der Waals surface area (Å²) in [5.41, 5.74) is 8.90. The molecule has 1 aliphatic rings. The van der Waals surface area contributed by atoms with E-state index in [1.165, 1.54) is 0 Å². The van der Waals surface area contributed by atoms with E-state index in [9.17, 15) is 9.59 Å². The Morgan fingerprint density at radius 2 is 2.09 bits per heavy atom. The Kier molecular flexibility index (Phi) is 6.04. The lowest BCUT2D eigenvalue weighted by atomic mass is 10.0. The third-order valence-corrected chi connectivity index (χ3v) is 6.15. The number of likely N-dealkylation sites (tertiary alicyclic amines) is 1. The molecule has 2 amide bonds. The number of fused-ring (bicyclic) bond motifs is 1. The van der Waals surface area contributed by atoms with Gasteiger partial charge in [-0.25, -0.2) is 9.97 Å². The summed E-state index contributed by atoms with van der Waals surface area (Å²) in [7, 11) is 1.80. The van der Waals surface area contributed by atoms with Crippen molar-refractivity contribution in [2.75, 3.05) is 25.4 Å². The lowest BCUT2D eigenvalue weighted by Crippen LogP contribution is -2.36. The molecule has 0 atom stereocenters. The van der Waals surface area contributed by atoms with Gasteiger partial charge in [-0.1, -0.05) is 17.7 Å². The quantitative estimate of drug-likeness (QED) is 0.424. The van der Waals surface area contributed by atoms with Crippen molar-refractivity contribution in [2.24, 2.45) is 7.05 Å². The van der Waals surface area contributed by atoms with Crippen LogP contribution in [0.15, 0.2) is 42.7 Å². The first-order chi connectivity index (χ1) is 16.9. The maximum atomic E-state index is 13.0. The summed E-state index contributed by atoms with van der Waals surface area (Å²) >= 11 is 6.52. The number of carbonyl (C=O) groups excluding carboxylic acids is 2. The summed E-state index contributed by atoms with van der Waals surface area (Å²) < 4.78 is 1.65. The molecule has 0 aliphatic carbocycles. The fourth-order valence-corrected chi connectivity index (χ4v) is 4.43. The number of anilines is 1. The van der Waals surface area contributed by atoms with Crippen molar-refractivity contribution in [3.8, 4) is 22.6 Å². The molecule has 0 unspecified atom stereocenters. The third kappa shape index (κ3) is 4.52. The number of aromatic nitrogens is 5. The van der Waals surface area contributed by atoms with Gasteiger partial charge in [0.05, 0.1) is 16.2 Å². The number of hydrogen-bond acceptors (Lipinski definition) is 7. The molecular formula is C24H23ClN8O2. The SMILES string of the molecule is Cn1ccc(-c2nc(N)c(C(=O)NCCN3CCCC3=O)nc2-c2cc(Cl)c3ncccc3c2)n1. The number of halogens is 1. The van der Waals surface area contributed by atoms with E-state index in [4.69, 9.17) is 17.3 Å². The van der Waals surface area contributed by atoms with Gasteiger partial charge in [-0.15, -0.1) is 0 Å². The van der Waals surface area contributed by atoms with E-state index >= 15 is 0 Å². The van der Waals surface area contributed by atoms with Crippen molar-refractivity contribution in [3.63, 3.8) is 0 Å². The largest absolute Gasteiger partial charge is 0.382 e. The highest BCUT2D eigenvalue weighted by atomic mass is 35.5. The number of benzene rings is 1. The summed E-state index contributed by atoms with van der Waals surface area (Å²) in [5, 5.41) is 8.51. The van der Waals surface area contributed by atoms with Crippen molar-refractivity contribution in [3.05, 3.63) is 53.4 Å². The Labute approximate surface area is 206 Å². The molecule has 0 spiro atoms. The molecule has 1 aromatic carbocycles. The molecule has 178 valence electrons. The van der Waals surface area contributed by atoms with Crippen molar-refractivity contribution >= 4 is 40.1 Å². The van der Waals surface area contributed by atoms with Gasteiger partial charge in [0, 0.05) is 56.4 Å². The first-order valence-electron chi connectivity index (χ1n) is 11.2. The lowest BCUT2D eigenvalue weighted by Gasteiger charge is -2.16. The minimum Gasteiger partial charge on any atom is -0.382 e. The number of nitrogens with zero attached hydrogens (tertiary/aromatic N) is 6. The average Bonchev–Trinajstić information content (AvgIpc) is 3.46. The fourth-order valence-electron chi connectivity index (χ4n) is 4.15. The van der Waals surface area contributed by atoms with Crippen LogP contribution in [0, 0.1) is 0 Å². The van der Waals surface area contributed by atoms with Crippen molar-refractivity contribution < 1.29 is 9.59 Å². The molecule has 10 nitrogen and oxygen atoms in total. The first-order valence-corrected chi connectivity index (χ1v) is 11.6. The van der Waals surface area contributed by atoms with Crippen molar-refractivity contribution in [1.82, 2.24) is 34.9 Å². The van der Waals surface area contributed by atoms with Crippen LogP contribution in [0.4, 0.5) is 5.82 Å². The molecule has 35 heavy (non-hydrogen) atoms. The lowest BCUT2D eigenvalue weighted by molar-refractivity contribution is -0.127. The van der Waals surface area contributed by atoms with Crippen molar-refractivity contribution in [2.45, 2.75) is 12.8 Å². The van der Waals surface area contributed by atoms with Gasteiger partial charge < -0.3 is 16.0 Å². The van der Waals surface area contributed by atoms with Gasteiger partial charge >= 0.3 is 0 Å². The zero-order valence-electron chi connectivity index (χ0n) is 19.0. The third-order valence-electron chi connectivity index (χ3n) is 5.86. The zero-order valence-corrected chi connectivity index (χ0v) is 19.8. The van der Waals surface area contributed by atoms with E-state index in [-0.39, 0.29) is 24.0 Å². The van der Waals surface area contributed by atoms with E-state index in [1.54, 1.807) is 41.2 Å². The van der Waals surface area contributed by atoms with Gasteiger partial charge in [-0.05, 0) is 30.7 Å². The Morgan fingerprint density at radius 3 is 2.83 bits per heavy atom. The second-order valence-electron chi connectivity index (χ2n) is 8.30. The van der Waals surface area contributed by atoms with Crippen LogP contribution in [0.1, 0.15) is 23.3 Å². The molecule has 1 aliphatic heterocycles. The van der Waals surface area contributed by atoms with Gasteiger partial charge in [0.1, 0.15) is 11.4 Å². The number of aryl methyl sites for hydroxylation is 1. The molecule has 0 bridgehead atoms. The number of rotatable bonds is 6. The molecule has 1 saturated heterocycles. The van der Waals surface area contributed by atoms with Gasteiger partial charge in [-0.3, -0.25) is 19.3 Å². The van der Waals surface area contributed by atoms with Crippen LogP contribution in [0.2, 0.25) is 5.02 Å². The number of amides is 2. The summed E-state index contributed by atoms with van der Waals surface area (Å²) in [5.74, 6) is -0.384. The zero-order chi connectivity index (χ0) is 24.5. The highest BCUT2D eigenvalue weighted by Gasteiger charge is 2.23. The standard InChI is InChI=1S/C24H23ClN8O2/c1-32-10-6-17(31-32)21-20(15-12-14-4-2-7-27-19(14)16(25)13-15)29-22(23(26)30-21)24(35)28-8-11-33-9-3-5-18(33)34/h2,4,6-7,10,12-13H,3,5,8-9,11H2,1H3,(H2,26,30)(H,28,35). The number of nitrogen functional groups attached to an aromatic ring is 1. The summed E-state index contributed by atoms with van der Waals surface area (Å²) in [4.78, 5) is 40.0. The maximum Gasteiger partial charge on any atom is 0.273 e. The number of nitrogens with one attached hydrogen (secondary N) is 1. The number of nitrogens with two attached hydrogens (primary N) is 1. The molecule has 4 aromatic rings. The fraction of sp³-hybridized carbons (Fsp3) is 0.250. The van der Waals surface area contributed by atoms with Crippen LogP contribution in [-0.2, 0) is 11.8 Å². The Balaban J connectivity index is 1.53. The minimum absolute atomic E-state index is 0.00478. The summed E-state index contributed by atoms with van der Waals surface area (Å²) in [6, 6.07) is 9.15. The second-order valence-corrected chi connectivity index (χ2v) is 8.71. The predicted octanol–water partition coefficient (Wildman–Crippen LogP) is 2.68. The highest BCUT2D eigenvalue weighted by molar-refractivity contribution is 6.35. The van der Waals surface area contributed by atoms with Gasteiger partial charge in [0.2, 0.25) is 5.91 Å². The van der Waals surface area contributed by atoms with Crippen LogP contribution >= 0.6 is 11.6 Å². The molecule has 1 fully saturated rings. The molecule has 0 saturated carbocycles. The first kappa shape index (κ1) is 22.7. The number of pyridine rings is 1. The second kappa shape index (κ2) is 9.30. The summed E-state index contributed by atoms with van der Waals surface area (Å²) in [6.07, 6.45) is 4.85. The molecule has 0 radical (unpaired) electrons. The Bertz CT molecular complexity index is 1450. The van der Waals surface area contributed by atoms with E-state index in [0.717, 1.165) is 11.8 Å². The normalized spacial score (nSPS) is 13.5. The smallest absolute Gasteiger partial charge is 0.273 e.